The molecule has 0 spiro atoms. The van der Waals surface area contributed by atoms with E-state index in [-0.39, 0.29) is 0 Å². The fourth-order valence-electron chi connectivity index (χ4n) is 1.18. The summed E-state index contributed by atoms with van der Waals surface area (Å²) in [5.74, 6) is 1.42. The van der Waals surface area contributed by atoms with Crippen molar-refractivity contribution in [2.24, 2.45) is 5.92 Å². The van der Waals surface area contributed by atoms with E-state index in [4.69, 9.17) is 8.85 Å². The van der Waals surface area contributed by atoms with Crippen LogP contribution in [0.2, 0.25) is 13.1 Å². The van der Waals surface area contributed by atoms with Crippen LogP contribution in [0, 0.1) is 5.92 Å². The number of hydrogen-bond acceptors (Lipinski definition) is 2. The molecule has 0 fully saturated rings. The Balaban J connectivity index is 2.54. The van der Waals surface area contributed by atoms with Gasteiger partial charge in [0.2, 0.25) is 0 Å². The van der Waals surface area contributed by atoms with E-state index in [2.05, 4.69) is 42.9 Å². The first-order chi connectivity index (χ1) is 7.39. The Hall–Kier alpha value is -0.323. The maximum absolute atomic E-state index is 5.90. The van der Waals surface area contributed by atoms with Gasteiger partial charge in [-0.05, 0) is 43.3 Å². The van der Waals surface area contributed by atoms with Crippen molar-refractivity contribution < 1.29 is 8.85 Å². The van der Waals surface area contributed by atoms with E-state index in [1.807, 2.05) is 24.3 Å². The molecule has 4 heteroatoms. The van der Waals surface area contributed by atoms with Crippen molar-refractivity contribution in [3.05, 3.63) is 28.7 Å². The summed E-state index contributed by atoms with van der Waals surface area (Å²) >= 11 is 3.40. The number of rotatable bonds is 5. The molecule has 16 heavy (non-hydrogen) atoms. The summed E-state index contributed by atoms with van der Waals surface area (Å²) in [5.41, 5.74) is 0. The first-order valence-electron chi connectivity index (χ1n) is 5.47. The van der Waals surface area contributed by atoms with Crippen molar-refractivity contribution in [1.82, 2.24) is 0 Å². The molecule has 0 aromatic heterocycles. The maximum atomic E-state index is 5.90. The van der Waals surface area contributed by atoms with E-state index in [0.717, 1.165) is 16.8 Å². The Morgan fingerprint density at radius 3 is 2.25 bits per heavy atom. The summed E-state index contributed by atoms with van der Waals surface area (Å²) in [5, 5.41) is 0. The molecule has 0 saturated carbocycles. The van der Waals surface area contributed by atoms with E-state index < -0.39 is 8.56 Å². The third-order valence-corrected chi connectivity index (χ3v) is 4.06. The highest BCUT2D eigenvalue weighted by Crippen LogP contribution is 2.20. The molecule has 2 nitrogen and oxygen atoms in total. The summed E-state index contributed by atoms with van der Waals surface area (Å²) in [6, 6.07) is 7.86. The van der Waals surface area contributed by atoms with Crippen LogP contribution in [0.15, 0.2) is 28.7 Å². The molecule has 0 unspecified atom stereocenters. The summed E-state index contributed by atoms with van der Waals surface area (Å²) in [4.78, 5) is 0. The van der Waals surface area contributed by atoms with Gasteiger partial charge in [-0.2, -0.15) is 0 Å². The lowest BCUT2D eigenvalue weighted by Gasteiger charge is -2.24. The van der Waals surface area contributed by atoms with E-state index in [1.165, 1.54) is 0 Å². The van der Waals surface area contributed by atoms with Crippen molar-refractivity contribution in [3.63, 3.8) is 0 Å². The molecule has 90 valence electrons. The van der Waals surface area contributed by atoms with Crippen LogP contribution in [0.1, 0.15) is 13.8 Å². The summed E-state index contributed by atoms with van der Waals surface area (Å²) < 4.78 is 12.8. The molecule has 0 aliphatic carbocycles. The van der Waals surface area contributed by atoms with E-state index in [1.54, 1.807) is 0 Å². The standard InChI is InChI=1S/C12H19BrO2Si/c1-10(2)9-14-16(3,4)15-12-7-5-11(13)6-8-12/h5-8,10H,9H2,1-4H3. The lowest BCUT2D eigenvalue weighted by Crippen LogP contribution is -2.39. The third kappa shape index (κ3) is 5.14. The number of hydrogen-bond donors (Lipinski definition) is 0. The minimum absolute atomic E-state index is 0.542. The van der Waals surface area contributed by atoms with Crippen LogP contribution in [0.4, 0.5) is 0 Å². The van der Waals surface area contributed by atoms with Gasteiger partial charge in [0.1, 0.15) is 5.75 Å². The SMILES string of the molecule is CC(C)CO[Si](C)(C)Oc1ccc(Br)cc1. The highest BCUT2D eigenvalue weighted by Gasteiger charge is 2.26. The van der Waals surface area contributed by atoms with Gasteiger partial charge in [-0.3, -0.25) is 0 Å². The molecular formula is C12H19BrO2Si. The lowest BCUT2D eigenvalue weighted by molar-refractivity contribution is 0.216. The quantitative estimate of drug-likeness (QED) is 0.759. The lowest BCUT2D eigenvalue weighted by atomic mass is 10.2. The van der Waals surface area contributed by atoms with Crippen LogP contribution in [-0.4, -0.2) is 15.2 Å². The Labute approximate surface area is 107 Å². The Morgan fingerprint density at radius 2 is 1.75 bits per heavy atom. The van der Waals surface area contributed by atoms with Gasteiger partial charge < -0.3 is 8.85 Å². The predicted octanol–water partition coefficient (Wildman–Crippen LogP) is 4.20. The molecule has 0 amide bonds. The molecule has 0 radical (unpaired) electrons. The molecule has 1 rings (SSSR count). The van der Waals surface area contributed by atoms with E-state index in [9.17, 15) is 0 Å². The first kappa shape index (κ1) is 13.7. The average Bonchev–Trinajstić information content (AvgIpc) is 2.19. The number of halogens is 1. The Kier molecular flexibility index (Phi) is 5.02. The molecule has 0 saturated heterocycles. The fraction of sp³-hybridized carbons (Fsp3) is 0.500. The molecule has 1 aromatic rings. The molecule has 0 aliphatic rings. The minimum Gasteiger partial charge on any atom is -0.520 e. The molecular weight excluding hydrogens is 284 g/mol. The van der Waals surface area contributed by atoms with E-state index >= 15 is 0 Å². The van der Waals surface area contributed by atoms with Crippen LogP contribution >= 0.6 is 15.9 Å². The van der Waals surface area contributed by atoms with Gasteiger partial charge in [-0.1, -0.05) is 29.8 Å². The van der Waals surface area contributed by atoms with Gasteiger partial charge >= 0.3 is 8.56 Å². The fourth-order valence-corrected chi connectivity index (χ4v) is 2.94. The smallest absolute Gasteiger partial charge is 0.392 e. The molecule has 0 aliphatic heterocycles. The van der Waals surface area contributed by atoms with Crippen molar-refractivity contribution in [2.45, 2.75) is 26.9 Å². The van der Waals surface area contributed by atoms with Crippen molar-refractivity contribution in [1.29, 1.82) is 0 Å². The second-order valence-corrected chi connectivity index (χ2v) is 8.87. The summed E-state index contributed by atoms with van der Waals surface area (Å²) in [6.45, 7) is 9.18. The average molecular weight is 303 g/mol. The van der Waals surface area contributed by atoms with Crippen LogP contribution in [0.3, 0.4) is 0 Å². The molecule has 0 N–H and O–H groups in total. The van der Waals surface area contributed by atoms with Crippen molar-refractivity contribution in [2.75, 3.05) is 6.61 Å². The highest BCUT2D eigenvalue weighted by atomic mass is 79.9. The first-order valence-corrected chi connectivity index (χ1v) is 9.08. The van der Waals surface area contributed by atoms with Crippen LogP contribution in [0.5, 0.6) is 5.75 Å². The van der Waals surface area contributed by atoms with E-state index in [0.29, 0.717) is 5.92 Å². The predicted molar refractivity (Wildman–Crippen MR) is 73.0 cm³/mol. The second-order valence-electron chi connectivity index (χ2n) is 4.66. The Morgan fingerprint density at radius 1 is 1.19 bits per heavy atom. The zero-order chi connectivity index (χ0) is 12.2. The summed E-state index contributed by atoms with van der Waals surface area (Å²) in [7, 11) is -2.04. The Bertz CT molecular complexity index is 322. The highest BCUT2D eigenvalue weighted by molar-refractivity contribution is 9.10. The normalized spacial score (nSPS) is 11.9. The summed E-state index contributed by atoms with van der Waals surface area (Å²) in [6.07, 6.45) is 0. The zero-order valence-electron chi connectivity index (χ0n) is 10.3. The largest absolute Gasteiger partial charge is 0.520 e. The topological polar surface area (TPSA) is 18.5 Å². The second kappa shape index (κ2) is 5.84. The molecule has 1 aromatic carbocycles. The third-order valence-electron chi connectivity index (χ3n) is 1.94. The van der Waals surface area contributed by atoms with Crippen LogP contribution in [-0.2, 0) is 4.43 Å². The van der Waals surface area contributed by atoms with Crippen molar-refractivity contribution >= 4 is 24.5 Å². The molecule has 0 bridgehead atoms. The van der Waals surface area contributed by atoms with Crippen molar-refractivity contribution in [3.8, 4) is 5.75 Å². The van der Waals surface area contributed by atoms with Gasteiger partial charge in [0.05, 0.1) is 0 Å². The van der Waals surface area contributed by atoms with Gasteiger partial charge in [-0.15, -0.1) is 0 Å². The van der Waals surface area contributed by atoms with Gasteiger partial charge in [-0.25, -0.2) is 0 Å². The monoisotopic (exact) mass is 302 g/mol. The minimum atomic E-state index is -2.04. The maximum Gasteiger partial charge on any atom is 0.392 e. The van der Waals surface area contributed by atoms with Gasteiger partial charge in [0, 0.05) is 11.1 Å². The van der Waals surface area contributed by atoms with Gasteiger partial charge in [0.25, 0.3) is 0 Å². The number of benzene rings is 1. The van der Waals surface area contributed by atoms with Crippen LogP contribution in [0.25, 0.3) is 0 Å². The van der Waals surface area contributed by atoms with Gasteiger partial charge in [0.15, 0.2) is 0 Å². The molecule has 0 heterocycles. The zero-order valence-corrected chi connectivity index (χ0v) is 12.9. The molecule has 0 atom stereocenters. The van der Waals surface area contributed by atoms with Crippen LogP contribution < -0.4 is 4.43 Å².